The number of rotatable bonds is 3. The van der Waals surface area contributed by atoms with Crippen molar-refractivity contribution >= 4 is 28.0 Å². The molecule has 0 N–H and O–H groups in total. The molecule has 0 unspecified atom stereocenters. The average Bonchev–Trinajstić information content (AvgIpc) is 2.42. The second-order valence-corrected chi connectivity index (χ2v) is 4.25. The molecule has 1 radical (unpaired) electrons. The van der Waals surface area contributed by atoms with Crippen LogP contribution in [0.4, 0.5) is 0 Å². The molecule has 0 spiro atoms. The highest BCUT2D eigenvalue weighted by Crippen LogP contribution is 2.23. The molecule has 0 fully saturated rings. The van der Waals surface area contributed by atoms with Crippen molar-refractivity contribution in [1.82, 2.24) is 0 Å². The van der Waals surface area contributed by atoms with E-state index in [-0.39, 0.29) is 6.61 Å². The Kier molecular flexibility index (Phi) is 2.69. The van der Waals surface area contributed by atoms with Crippen molar-refractivity contribution in [2.75, 3.05) is 0 Å². The minimum Gasteiger partial charge on any atom is -0.452 e. The molecule has 87 valence electrons. The van der Waals surface area contributed by atoms with E-state index in [9.17, 15) is 4.79 Å². The van der Waals surface area contributed by atoms with Gasteiger partial charge in [0.1, 0.15) is 6.61 Å². The lowest BCUT2D eigenvalue weighted by atomic mass is 10.0. The van der Waals surface area contributed by atoms with Crippen LogP contribution in [0.3, 0.4) is 0 Å². The Balaban J connectivity index is 2.14. The Morgan fingerprint density at radius 3 is 2.22 bits per heavy atom. The zero-order valence-corrected chi connectivity index (χ0v) is 9.72. The summed E-state index contributed by atoms with van der Waals surface area (Å²) in [5.74, 6) is 0. The molecule has 0 bridgehead atoms. The lowest BCUT2D eigenvalue weighted by Gasteiger charge is -2.04. The van der Waals surface area contributed by atoms with Crippen molar-refractivity contribution in [3.05, 3.63) is 60.2 Å². The molecule has 0 aliphatic rings. The summed E-state index contributed by atoms with van der Waals surface area (Å²) in [6.07, 6.45) is 0. The third-order valence-corrected chi connectivity index (χ3v) is 3.07. The number of hydrogen-bond acceptors (Lipinski definition) is 2. The van der Waals surface area contributed by atoms with Crippen molar-refractivity contribution < 1.29 is 9.53 Å². The summed E-state index contributed by atoms with van der Waals surface area (Å²) in [6.45, 7) is 1.71. The van der Waals surface area contributed by atoms with E-state index >= 15 is 0 Å². The molecule has 0 saturated heterocycles. The van der Waals surface area contributed by atoms with Crippen LogP contribution in [-0.4, -0.2) is 6.47 Å². The zero-order chi connectivity index (χ0) is 12.4. The second kappa shape index (κ2) is 4.49. The summed E-state index contributed by atoms with van der Waals surface area (Å²) in [5, 5.41) is 4.79. The Bertz CT molecular complexity index is 716. The lowest BCUT2D eigenvalue weighted by Crippen LogP contribution is -1.89. The molecule has 3 aromatic rings. The maximum atomic E-state index is 10.1. The predicted molar refractivity (Wildman–Crippen MR) is 71.9 cm³/mol. The molecule has 0 aromatic heterocycles. The summed E-state index contributed by atoms with van der Waals surface area (Å²) in [4.78, 5) is 10.1. The lowest BCUT2D eigenvalue weighted by molar-refractivity contribution is 0.267. The molecular weight excluding hydrogens is 224 g/mol. The molecule has 0 amide bonds. The maximum absolute atomic E-state index is 10.1. The standard InChI is InChI=1S/C16H11O2/c17-11-18-10-12-5-6-15-8-13-3-1-2-4-14(13)9-16(15)7-12/h1-9H,10H2. The second-order valence-electron chi connectivity index (χ2n) is 4.25. The molecule has 3 rings (SSSR count). The van der Waals surface area contributed by atoms with Crippen molar-refractivity contribution in [1.29, 1.82) is 0 Å². The van der Waals surface area contributed by atoms with Gasteiger partial charge in [0.15, 0.2) is 0 Å². The Morgan fingerprint density at radius 1 is 0.833 bits per heavy atom. The largest absolute Gasteiger partial charge is 0.452 e. The number of carbonyl (C=O) groups excluding carboxylic acids is 1. The molecule has 0 saturated carbocycles. The first-order valence-corrected chi connectivity index (χ1v) is 5.77. The average molecular weight is 235 g/mol. The normalized spacial score (nSPS) is 10.7. The van der Waals surface area contributed by atoms with E-state index in [1.54, 1.807) is 0 Å². The van der Waals surface area contributed by atoms with Crippen LogP contribution in [0.5, 0.6) is 0 Å². The van der Waals surface area contributed by atoms with Gasteiger partial charge in [-0.15, -0.1) is 0 Å². The Labute approximate surface area is 105 Å². The van der Waals surface area contributed by atoms with Gasteiger partial charge in [0.2, 0.25) is 0 Å². The number of hydrogen-bond donors (Lipinski definition) is 0. The van der Waals surface area contributed by atoms with Crippen molar-refractivity contribution in [2.45, 2.75) is 6.61 Å². The molecule has 0 aliphatic carbocycles. The molecule has 18 heavy (non-hydrogen) atoms. The molecular formula is C16H11O2. The first-order valence-electron chi connectivity index (χ1n) is 5.77. The van der Waals surface area contributed by atoms with Gasteiger partial charge in [0.05, 0.1) is 0 Å². The summed E-state index contributed by atoms with van der Waals surface area (Å²) in [5.41, 5.74) is 0.973. The van der Waals surface area contributed by atoms with Crippen LogP contribution in [0.2, 0.25) is 0 Å². The van der Waals surface area contributed by atoms with Crippen LogP contribution in [0.25, 0.3) is 21.5 Å². The molecule has 3 aromatic carbocycles. The predicted octanol–water partition coefficient (Wildman–Crippen LogP) is 3.58. The SMILES string of the molecule is O=[C]OCc1ccc2cc3ccccc3cc2c1. The molecule has 0 atom stereocenters. The van der Waals surface area contributed by atoms with Gasteiger partial charge in [-0.2, -0.15) is 0 Å². The van der Waals surface area contributed by atoms with Gasteiger partial charge in [0.25, 0.3) is 0 Å². The minimum atomic E-state index is 0.270. The van der Waals surface area contributed by atoms with Gasteiger partial charge in [-0.3, -0.25) is 0 Å². The number of ether oxygens (including phenoxy) is 1. The van der Waals surface area contributed by atoms with Crippen LogP contribution in [0, 0.1) is 0 Å². The van der Waals surface area contributed by atoms with E-state index in [1.165, 1.54) is 22.6 Å². The van der Waals surface area contributed by atoms with Crippen LogP contribution in [0.15, 0.2) is 54.6 Å². The molecule has 0 heterocycles. The fourth-order valence-electron chi connectivity index (χ4n) is 2.19. The van der Waals surface area contributed by atoms with Crippen LogP contribution >= 0.6 is 0 Å². The van der Waals surface area contributed by atoms with Crippen molar-refractivity contribution in [3.8, 4) is 0 Å². The molecule has 2 heteroatoms. The first kappa shape index (κ1) is 10.8. The summed E-state index contributed by atoms with van der Waals surface area (Å²) < 4.78 is 4.65. The van der Waals surface area contributed by atoms with E-state index in [0.29, 0.717) is 0 Å². The highest BCUT2D eigenvalue weighted by Gasteiger charge is 2.00. The van der Waals surface area contributed by atoms with Crippen molar-refractivity contribution in [2.24, 2.45) is 0 Å². The van der Waals surface area contributed by atoms with Crippen LogP contribution < -0.4 is 0 Å². The highest BCUT2D eigenvalue weighted by atomic mass is 16.5. The van der Waals surface area contributed by atoms with Gasteiger partial charge >= 0.3 is 6.47 Å². The van der Waals surface area contributed by atoms with E-state index in [4.69, 9.17) is 0 Å². The third-order valence-electron chi connectivity index (χ3n) is 3.07. The van der Waals surface area contributed by atoms with Crippen LogP contribution in [-0.2, 0) is 16.1 Å². The van der Waals surface area contributed by atoms with Gasteiger partial charge in [-0.25, -0.2) is 4.79 Å². The first-order chi connectivity index (χ1) is 8.86. The Hall–Kier alpha value is -2.35. The quantitative estimate of drug-likeness (QED) is 0.648. The Morgan fingerprint density at radius 2 is 1.50 bits per heavy atom. The van der Waals surface area contributed by atoms with E-state index < -0.39 is 0 Å². The summed E-state index contributed by atoms with van der Waals surface area (Å²) in [7, 11) is 0. The van der Waals surface area contributed by atoms with E-state index in [0.717, 1.165) is 10.9 Å². The van der Waals surface area contributed by atoms with Crippen LogP contribution in [0.1, 0.15) is 5.56 Å². The van der Waals surface area contributed by atoms with Gasteiger partial charge in [0, 0.05) is 0 Å². The topological polar surface area (TPSA) is 26.3 Å². The van der Waals surface area contributed by atoms with Crippen molar-refractivity contribution in [3.63, 3.8) is 0 Å². The van der Waals surface area contributed by atoms with E-state index in [1.807, 2.05) is 30.3 Å². The molecule has 2 nitrogen and oxygen atoms in total. The van der Waals surface area contributed by atoms with Gasteiger partial charge in [-0.05, 0) is 45.3 Å². The fourth-order valence-corrected chi connectivity index (χ4v) is 2.19. The van der Waals surface area contributed by atoms with E-state index in [2.05, 4.69) is 29.0 Å². The zero-order valence-electron chi connectivity index (χ0n) is 9.72. The molecule has 0 aliphatic heterocycles. The monoisotopic (exact) mass is 235 g/mol. The maximum Gasteiger partial charge on any atom is 0.417 e. The number of benzene rings is 3. The number of fused-ring (bicyclic) bond motifs is 2. The third kappa shape index (κ3) is 1.93. The highest BCUT2D eigenvalue weighted by molar-refractivity contribution is 5.98. The minimum absolute atomic E-state index is 0.270. The summed E-state index contributed by atoms with van der Waals surface area (Å²) in [6, 6.07) is 18.6. The van der Waals surface area contributed by atoms with Gasteiger partial charge in [-0.1, -0.05) is 36.4 Å². The smallest absolute Gasteiger partial charge is 0.417 e. The van der Waals surface area contributed by atoms with Gasteiger partial charge < -0.3 is 4.74 Å². The fraction of sp³-hybridized carbons (Fsp3) is 0.0625. The summed E-state index contributed by atoms with van der Waals surface area (Å²) >= 11 is 0.